The molecule has 1 aliphatic carbocycles. The molecule has 0 saturated carbocycles. The van der Waals surface area contributed by atoms with Crippen LogP contribution in [0.1, 0.15) is 37.9 Å². The highest BCUT2D eigenvalue weighted by Crippen LogP contribution is 2.57. The van der Waals surface area contributed by atoms with Crippen molar-refractivity contribution in [3.05, 3.63) is 106 Å². The first-order chi connectivity index (χ1) is 16.4. The van der Waals surface area contributed by atoms with Crippen molar-refractivity contribution in [2.75, 3.05) is 0 Å². The van der Waals surface area contributed by atoms with Gasteiger partial charge in [0.1, 0.15) is 0 Å². The molecule has 34 heavy (non-hydrogen) atoms. The Labute approximate surface area is 200 Å². The van der Waals surface area contributed by atoms with Crippen molar-refractivity contribution in [1.82, 2.24) is 4.90 Å². The Morgan fingerprint density at radius 3 is 1.97 bits per heavy atom. The Hall–Kier alpha value is -3.61. The lowest BCUT2D eigenvalue weighted by atomic mass is 9.77. The van der Waals surface area contributed by atoms with Gasteiger partial charge in [-0.3, -0.25) is 24.1 Å². The Kier molecular flexibility index (Phi) is 4.59. The topological polar surface area (TPSA) is 80.8 Å². The van der Waals surface area contributed by atoms with Crippen LogP contribution >= 0.6 is 11.6 Å². The summed E-state index contributed by atoms with van der Waals surface area (Å²) in [5.41, 5.74) is -0.256. The Balaban J connectivity index is 1.48. The summed E-state index contributed by atoms with van der Waals surface area (Å²) in [4.78, 5) is 55.9. The summed E-state index contributed by atoms with van der Waals surface area (Å²) < 4.78 is 6.24. The lowest BCUT2D eigenvalue weighted by Gasteiger charge is -2.27. The first-order valence-electron chi connectivity index (χ1n) is 10.9. The summed E-state index contributed by atoms with van der Waals surface area (Å²) in [6.07, 6.45) is -0.903. The van der Waals surface area contributed by atoms with E-state index in [9.17, 15) is 19.2 Å². The van der Waals surface area contributed by atoms with Crippen molar-refractivity contribution in [3.63, 3.8) is 0 Å². The van der Waals surface area contributed by atoms with E-state index < -0.39 is 46.9 Å². The number of rotatable bonds is 3. The number of nitrogens with zero attached hydrogens (tertiary/aromatic N) is 1. The van der Waals surface area contributed by atoms with Crippen LogP contribution in [0.5, 0.6) is 0 Å². The van der Waals surface area contributed by atoms with Crippen molar-refractivity contribution in [2.24, 2.45) is 11.8 Å². The maximum atomic E-state index is 13.7. The van der Waals surface area contributed by atoms with E-state index >= 15 is 0 Å². The van der Waals surface area contributed by atoms with Crippen LogP contribution in [0, 0.1) is 11.8 Å². The van der Waals surface area contributed by atoms with Crippen LogP contribution in [0.25, 0.3) is 0 Å². The number of ether oxygens (including phenoxy) is 1. The zero-order chi connectivity index (χ0) is 23.6. The molecule has 3 aromatic carbocycles. The molecule has 6 rings (SSSR count). The van der Waals surface area contributed by atoms with Crippen molar-refractivity contribution in [3.8, 4) is 0 Å². The van der Waals surface area contributed by atoms with Gasteiger partial charge in [-0.1, -0.05) is 78.3 Å². The number of fused-ring (bicyclic) bond motifs is 3. The van der Waals surface area contributed by atoms with Crippen LogP contribution in [0.2, 0.25) is 5.02 Å². The fourth-order valence-corrected chi connectivity index (χ4v) is 5.57. The number of hydrogen-bond donors (Lipinski definition) is 0. The van der Waals surface area contributed by atoms with E-state index in [1.807, 2.05) is 6.07 Å². The van der Waals surface area contributed by atoms with Crippen LogP contribution < -0.4 is 0 Å². The van der Waals surface area contributed by atoms with Crippen molar-refractivity contribution in [1.29, 1.82) is 0 Å². The van der Waals surface area contributed by atoms with Crippen LogP contribution in [-0.2, 0) is 20.9 Å². The van der Waals surface area contributed by atoms with Crippen molar-refractivity contribution >= 4 is 35.0 Å². The second-order valence-corrected chi connectivity index (χ2v) is 9.22. The number of carbonyl (C=O) groups is 4. The second-order valence-electron chi connectivity index (χ2n) is 8.78. The fraction of sp³-hybridized carbons (Fsp3) is 0.185. The van der Waals surface area contributed by atoms with Crippen LogP contribution in [0.4, 0.5) is 0 Å². The van der Waals surface area contributed by atoms with Gasteiger partial charge in [-0.15, -0.1) is 0 Å². The SMILES string of the molecule is O=C1[C@H]2[C@@H](C(=O)N1Cc1ccc(Cl)cc1)C1(O[C@H]2c2ccccc2)C(=O)c2ccccc2C1=O. The van der Waals surface area contributed by atoms with Crippen LogP contribution in [0.3, 0.4) is 0 Å². The number of ketones is 2. The molecule has 7 heteroatoms. The molecule has 6 nitrogen and oxygen atoms in total. The van der Waals surface area contributed by atoms with Gasteiger partial charge in [-0.25, -0.2) is 0 Å². The number of imide groups is 1. The van der Waals surface area contributed by atoms with Gasteiger partial charge >= 0.3 is 0 Å². The van der Waals surface area contributed by atoms with Gasteiger partial charge < -0.3 is 4.74 Å². The molecule has 1 spiro atoms. The van der Waals surface area contributed by atoms with E-state index in [2.05, 4.69) is 0 Å². The van der Waals surface area contributed by atoms with Gasteiger partial charge in [0.15, 0.2) is 0 Å². The van der Waals surface area contributed by atoms with Gasteiger partial charge in [0.2, 0.25) is 29.0 Å². The van der Waals surface area contributed by atoms with E-state index in [1.165, 1.54) is 0 Å². The van der Waals surface area contributed by atoms with E-state index in [-0.39, 0.29) is 17.7 Å². The largest absolute Gasteiger partial charge is 0.349 e. The van der Waals surface area contributed by atoms with E-state index in [0.717, 1.165) is 4.90 Å². The molecule has 3 aliphatic rings. The lowest BCUT2D eigenvalue weighted by Crippen LogP contribution is -2.50. The van der Waals surface area contributed by atoms with Crippen LogP contribution in [0.15, 0.2) is 78.9 Å². The molecule has 3 atom stereocenters. The molecule has 0 N–H and O–H groups in total. The number of hydrogen-bond acceptors (Lipinski definition) is 5. The molecule has 0 bridgehead atoms. The maximum Gasteiger partial charge on any atom is 0.237 e. The van der Waals surface area contributed by atoms with E-state index in [1.54, 1.807) is 72.8 Å². The average Bonchev–Trinajstić information content (AvgIpc) is 3.42. The summed E-state index contributed by atoms with van der Waals surface area (Å²) >= 11 is 5.97. The number of benzene rings is 3. The first kappa shape index (κ1) is 21.0. The van der Waals surface area contributed by atoms with Gasteiger partial charge in [0.05, 0.1) is 24.5 Å². The smallest absolute Gasteiger partial charge is 0.237 e. The lowest BCUT2D eigenvalue weighted by molar-refractivity contribution is -0.145. The van der Waals surface area contributed by atoms with Gasteiger partial charge in [-0.2, -0.15) is 0 Å². The molecule has 168 valence electrons. The van der Waals surface area contributed by atoms with E-state index in [4.69, 9.17) is 16.3 Å². The molecular formula is C27H18ClNO5. The molecule has 0 unspecified atom stereocenters. The standard InChI is InChI=1S/C27H18ClNO5/c28-17-12-10-15(11-13-17)14-29-25(32)20-21(26(29)33)27(34-22(20)16-6-2-1-3-7-16)23(30)18-8-4-5-9-19(18)24(27)31/h1-13,20-22H,14H2/t20-,21-,22-/m0/s1. The third kappa shape index (κ3) is 2.73. The molecular weight excluding hydrogens is 454 g/mol. The van der Waals surface area contributed by atoms with Gasteiger partial charge in [0.25, 0.3) is 0 Å². The fourth-order valence-electron chi connectivity index (χ4n) is 5.45. The zero-order valence-corrected chi connectivity index (χ0v) is 18.6. The Morgan fingerprint density at radius 1 is 0.765 bits per heavy atom. The van der Waals surface area contributed by atoms with Crippen LogP contribution in [-0.4, -0.2) is 33.9 Å². The molecule has 2 saturated heterocycles. The molecule has 2 heterocycles. The monoisotopic (exact) mass is 471 g/mol. The summed E-state index contributed by atoms with van der Waals surface area (Å²) in [5, 5.41) is 0.538. The number of carbonyl (C=O) groups excluding carboxylic acids is 4. The molecule has 2 amide bonds. The normalized spacial score (nSPS) is 24.7. The Bertz CT molecular complexity index is 1330. The summed E-state index contributed by atoms with van der Waals surface area (Å²) in [5.74, 6) is -4.36. The number of Topliss-reactive ketones (excluding diaryl/α,β-unsaturated/α-hetero) is 2. The number of amides is 2. The summed E-state index contributed by atoms with van der Waals surface area (Å²) in [6.45, 7) is 0.0226. The minimum atomic E-state index is -2.05. The second kappa shape index (κ2) is 7.45. The van der Waals surface area contributed by atoms with Crippen molar-refractivity contribution < 1.29 is 23.9 Å². The first-order valence-corrected chi connectivity index (χ1v) is 11.3. The number of halogens is 1. The highest BCUT2D eigenvalue weighted by molar-refractivity contribution is 6.35. The zero-order valence-electron chi connectivity index (χ0n) is 17.8. The quantitative estimate of drug-likeness (QED) is 0.425. The highest BCUT2D eigenvalue weighted by atomic mass is 35.5. The molecule has 0 radical (unpaired) electrons. The van der Waals surface area contributed by atoms with E-state index in [0.29, 0.717) is 16.1 Å². The average molecular weight is 472 g/mol. The minimum Gasteiger partial charge on any atom is -0.349 e. The molecule has 0 aromatic heterocycles. The maximum absolute atomic E-state index is 13.7. The van der Waals surface area contributed by atoms with Gasteiger partial charge in [-0.05, 0) is 23.3 Å². The van der Waals surface area contributed by atoms with Crippen molar-refractivity contribution in [2.45, 2.75) is 18.2 Å². The molecule has 2 aliphatic heterocycles. The highest BCUT2D eigenvalue weighted by Gasteiger charge is 2.74. The molecule has 3 aromatic rings. The minimum absolute atomic E-state index is 0.0226. The predicted octanol–water partition coefficient (Wildman–Crippen LogP) is 4.03. The third-order valence-electron chi connectivity index (χ3n) is 6.99. The third-order valence-corrected chi connectivity index (χ3v) is 7.24. The number of likely N-dealkylation sites (tertiary alicyclic amines) is 1. The molecule has 2 fully saturated rings. The summed E-state index contributed by atoms with van der Waals surface area (Å²) in [7, 11) is 0. The Morgan fingerprint density at radius 2 is 1.35 bits per heavy atom. The summed E-state index contributed by atoms with van der Waals surface area (Å²) in [6, 6.07) is 22.2. The van der Waals surface area contributed by atoms with Gasteiger partial charge in [0, 0.05) is 16.1 Å². The predicted molar refractivity (Wildman–Crippen MR) is 122 cm³/mol.